The van der Waals surface area contributed by atoms with E-state index in [1.54, 1.807) is 24.3 Å². The molecule has 1 aromatic heterocycles. The first kappa shape index (κ1) is 17.9. The van der Waals surface area contributed by atoms with Crippen molar-refractivity contribution in [1.82, 2.24) is 15.0 Å². The van der Waals surface area contributed by atoms with Gasteiger partial charge in [0.2, 0.25) is 12.3 Å². The maximum atomic E-state index is 13.1. The van der Waals surface area contributed by atoms with Crippen LogP contribution in [0.3, 0.4) is 0 Å². The topological polar surface area (TPSA) is 88.3 Å². The van der Waals surface area contributed by atoms with Gasteiger partial charge in [-0.25, -0.2) is 0 Å². The number of nitrogens with zero attached hydrogens (tertiary/aromatic N) is 3. The lowest BCUT2D eigenvalue weighted by Gasteiger charge is -2.17. The summed E-state index contributed by atoms with van der Waals surface area (Å²) >= 11 is 0. The molecule has 142 valence electrons. The Labute approximate surface area is 162 Å². The minimum Gasteiger partial charge on any atom is -0.343 e. The highest BCUT2D eigenvalue weighted by Crippen LogP contribution is 2.38. The van der Waals surface area contributed by atoms with E-state index in [-0.39, 0.29) is 23.7 Å². The van der Waals surface area contributed by atoms with Crippen LogP contribution in [0.25, 0.3) is 0 Å². The summed E-state index contributed by atoms with van der Waals surface area (Å²) in [5.41, 5.74) is 2.28. The minimum atomic E-state index is -0.174. The number of nitrogens with one attached hydrogen (secondary N) is 1. The van der Waals surface area contributed by atoms with Crippen molar-refractivity contribution >= 4 is 17.5 Å². The highest BCUT2D eigenvalue weighted by atomic mass is 16.5. The van der Waals surface area contributed by atoms with Crippen molar-refractivity contribution in [3.63, 3.8) is 0 Å². The average molecular weight is 376 g/mol. The third-order valence-corrected chi connectivity index (χ3v) is 4.97. The fourth-order valence-corrected chi connectivity index (χ4v) is 3.73. The second kappa shape index (κ2) is 7.64. The number of aromatic nitrogens is 2. The van der Waals surface area contributed by atoms with E-state index in [9.17, 15) is 9.59 Å². The van der Waals surface area contributed by atoms with Gasteiger partial charge in [-0.3, -0.25) is 9.59 Å². The maximum absolute atomic E-state index is 13.1. The van der Waals surface area contributed by atoms with Crippen LogP contribution in [0.5, 0.6) is 0 Å². The zero-order chi connectivity index (χ0) is 19.5. The lowest BCUT2D eigenvalue weighted by molar-refractivity contribution is -0.114. The quantitative estimate of drug-likeness (QED) is 0.756. The molecule has 1 fully saturated rings. The molecule has 0 saturated carbocycles. The number of carbonyl (C=O) groups is 2. The number of rotatable bonds is 4. The third kappa shape index (κ3) is 3.64. The van der Waals surface area contributed by atoms with E-state index in [4.69, 9.17) is 4.52 Å². The molecule has 2 heterocycles. The van der Waals surface area contributed by atoms with Crippen LogP contribution in [-0.2, 0) is 4.79 Å². The van der Waals surface area contributed by atoms with E-state index in [0.717, 1.165) is 5.56 Å². The Balaban J connectivity index is 1.60. The predicted octanol–water partition coefficient (Wildman–Crippen LogP) is 3.05. The first-order valence-corrected chi connectivity index (χ1v) is 9.10. The Kier molecular flexibility index (Phi) is 4.89. The lowest BCUT2D eigenvalue weighted by Crippen LogP contribution is -2.29. The molecule has 0 aliphatic carbocycles. The highest BCUT2D eigenvalue weighted by molar-refractivity contribution is 5.97. The second-order valence-corrected chi connectivity index (χ2v) is 6.89. The van der Waals surface area contributed by atoms with Crippen molar-refractivity contribution in [2.24, 2.45) is 0 Å². The molecular formula is C21H20N4O3. The van der Waals surface area contributed by atoms with Crippen molar-refractivity contribution in [3.05, 3.63) is 77.9 Å². The van der Waals surface area contributed by atoms with Gasteiger partial charge in [0, 0.05) is 43.1 Å². The normalized spacial score (nSPS) is 18.8. The van der Waals surface area contributed by atoms with E-state index in [2.05, 4.69) is 27.6 Å². The molecule has 4 rings (SSSR count). The van der Waals surface area contributed by atoms with Gasteiger partial charge in [-0.1, -0.05) is 41.6 Å². The summed E-state index contributed by atoms with van der Waals surface area (Å²) in [7, 11) is 0. The number of benzene rings is 2. The standard InChI is InChI=1S/C21H20N4O3/c1-14(26)23-17-9-5-8-16(10-17)21(27)25-11-18(15-6-3-2-4-7-15)19(12-25)20-22-13-28-24-20/h2-10,13,18-19H,11-12H2,1H3,(H,23,26)/t18-,19+/m1/s1. The molecule has 1 aliphatic rings. The minimum absolute atomic E-state index is 0.0383. The number of hydrogen-bond donors (Lipinski definition) is 1. The van der Waals surface area contributed by atoms with Crippen molar-refractivity contribution in [3.8, 4) is 0 Å². The van der Waals surface area contributed by atoms with Gasteiger partial charge in [0.1, 0.15) is 0 Å². The highest BCUT2D eigenvalue weighted by Gasteiger charge is 2.39. The SMILES string of the molecule is CC(=O)Nc1cccc(C(=O)N2C[C@H](c3ccccc3)[C@@H](c3ncon3)C2)c1. The molecule has 1 aliphatic heterocycles. The summed E-state index contributed by atoms with van der Waals surface area (Å²) in [4.78, 5) is 30.5. The molecule has 28 heavy (non-hydrogen) atoms. The van der Waals surface area contributed by atoms with E-state index in [1.165, 1.54) is 13.3 Å². The summed E-state index contributed by atoms with van der Waals surface area (Å²) in [6, 6.07) is 17.0. The zero-order valence-corrected chi connectivity index (χ0v) is 15.4. The molecule has 1 N–H and O–H groups in total. The predicted molar refractivity (Wildman–Crippen MR) is 103 cm³/mol. The largest absolute Gasteiger partial charge is 0.343 e. The van der Waals surface area contributed by atoms with Crippen LogP contribution in [-0.4, -0.2) is 39.9 Å². The van der Waals surface area contributed by atoms with Crippen molar-refractivity contribution in [2.45, 2.75) is 18.8 Å². The Morgan fingerprint density at radius 3 is 2.57 bits per heavy atom. The summed E-state index contributed by atoms with van der Waals surface area (Å²) in [5.74, 6) is 0.396. The van der Waals surface area contributed by atoms with Gasteiger partial charge < -0.3 is 14.7 Å². The van der Waals surface area contributed by atoms with Crippen molar-refractivity contribution in [1.29, 1.82) is 0 Å². The molecule has 0 unspecified atom stereocenters. The van der Waals surface area contributed by atoms with Crippen LogP contribution in [0.1, 0.15) is 40.5 Å². The monoisotopic (exact) mass is 376 g/mol. The molecule has 2 amide bonds. The molecule has 0 bridgehead atoms. The summed E-state index contributed by atoms with van der Waals surface area (Å²) in [6.45, 7) is 2.50. The van der Waals surface area contributed by atoms with Crippen molar-refractivity contribution in [2.75, 3.05) is 18.4 Å². The molecular weight excluding hydrogens is 356 g/mol. The van der Waals surface area contributed by atoms with Gasteiger partial charge in [-0.15, -0.1) is 0 Å². The fourth-order valence-electron chi connectivity index (χ4n) is 3.73. The van der Waals surface area contributed by atoms with Crippen LogP contribution in [0.2, 0.25) is 0 Å². The van der Waals surface area contributed by atoms with Gasteiger partial charge >= 0.3 is 0 Å². The van der Waals surface area contributed by atoms with Gasteiger partial charge in [-0.05, 0) is 23.8 Å². The molecule has 7 heteroatoms. The molecule has 0 spiro atoms. The fraction of sp³-hybridized carbons (Fsp3) is 0.238. The summed E-state index contributed by atoms with van der Waals surface area (Å²) < 4.78 is 4.94. The summed E-state index contributed by atoms with van der Waals surface area (Å²) in [5, 5.41) is 6.73. The van der Waals surface area contributed by atoms with E-state index in [1.807, 2.05) is 23.1 Å². The number of likely N-dealkylation sites (tertiary alicyclic amines) is 1. The zero-order valence-electron chi connectivity index (χ0n) is 15.4. The molecule has 0 radical (unpaired) electrons. The second-order valence-electron chi connectivity index (χ2n) is 6.89. The number of anilines is 1. The summed E-state index contributed by atoms with van der Waals surface area (Å²) in [6.07, 6.45) is 1.32. The first-order chi connectivity index (χ1) is 13.6. The Morgan fingerprint density at radius 2 is 1.86 bits per heavy atom. The lowest BCUT2D eigenvalue weighted by atomic mass is 9.88. The number of hydrogen-bond acceptors (Lipinski definition) is 5. The molecule has 2 aromatic carbocycles. The van der Waals surface area contributed by atoms with Crippen molar-refractivity contribution < 1.29 is 14.1 Å². The van der Waals surface area contributed by atoms with E-state index in [0.29, 0.717) is 30.2 Å². The average Bonchev–Trinajstić information content (AvgIpc) is 3.37. The van der Waals surface area contributed by atoms with Gasteiger partial charge in [0.05, 0.1) is 0 Å². The third-order valence-electron chi connectivity index (χ3n) is 4.97. The van der Waals surface area contributed by atoms with E-state index >= 15 is 0 Å². The van der Waals surface area contributed by atoms with Gasteiger partial charge in [0.25, 0.3) is 5.91 Å². The number of carbonyl (C=O) groups excluding carboxylic acids is 2. The molecule has 7 nitrogen and oxygen atoms in total. The van der Waals surface area contributed by atoms with Gasteiger partial charge in [-0.2, -0.15) is 4.98 Å². The molecule has 3 aromatic rings. The number of amides is 2. The van der Waals surface area contributed by atoms with Gasteiger partial charge in [0.15, 0.2) is 5.82 Å². The first-order valence-electron chi connectivity index (χ1n) is 9.10. The Hall–Kier alpha value is -3.48. The molecule has 2 atom stereocenters. The van der Waals surface area contributed by atoms with Crippen LogP contribution < -0.4 is 5.32 Å². The van der Waals surface area contributed by atoms with Crippen LogP contribution in [0.4, 0.5) is 5.69 Å². The Bertz CT molecular complexity index is 972. The van der Waals surface area contributed by atoms with Crippen LogP contribution in [0, 0.1) is 0 Å². The van der Waals surface area contributed by atoms with Crippen LogP contribution in [0.15, 0.2) is 65.5 Å². The maximum Gasteiger partial charge on any atom is 0.253 e. The smallest absolute Gasteiger partial charge is 0.253 e. The van der Waals surface area contributed by atoms with Crippen LogP contribution >= 0.6 is 0 Å². The molecule has 1 saturated heterocycles. The van der Waals surface area contributed by atoms with E-state index < -0.39 is 0 Å². The Morgan fingerprint density at radius 1 is 1.07 bits per heavy atom.